The minimum Gasteiger partial charge on any atom is -0.339 e. The molecule has 1 aliphatic rings. The smallest absolute Gasteiger partial charge is 0.135 e. The van der Waals surface area contributed by atoms with Crippen LogP contribution in [0.4, 0.5) is 11.5 Å². The number of aromatic nitrogens is 2. The molecule has 1 aliphatic carbocycles. The van der Waals surface area contributed by atoms with Crippen molar-refractivity contribution in [2.24, 2.45) is 0 Å². The average Bonchev–Trinajstić information content (AvgIpc) is 3.17. The molecule has 19 heavy (non-hydrogen) atoms. The first-order valence-electron chi connectivity index (χ1n) is 6.19. The molecule has 2 aromatic rings. The monoisotopic (exact) mass is 337 g/mol. The van der Waals surface area contributed by atoms with Gasteiger partial charge in [0.05, 0.1) is 5.69 Å². The summed E-state index contributed by atoms with van der Waals surface area (Å²) in [5, 5.41) is 3.78. The number of hydrogen-bond donors (Lipinski definition) is 1. The topological polar surface area (TPSA) is 37.8 Å². The molecular formula is C14H13BrClN3. The number of benzene rings is 1. The number of nitrogens with one attached hydrogen (secondary N) is 1. The van der Waals surface area contributed by atoms with Gasteiger partial charge in [-0.15, -0.1) is 0 Å². The van der Waals surface area contributed by atoms with Crippen LogP contribution in [0.5, 0.6) is 0 Å². The van der Waals surface area contributed by atoms with Gasteiger partial charge in [0.2, 0.25) is 0 Å². The Hall–Kier alpha value is -1.13. The van der Waals surface area contributed by atoms with E-state index >= 15 is 0 Å². The van der Waals surface area contributed by atoms with Crippen LogP contribution in [-0.2, 0) is 0 Å². The highest BCUT2D eigenvalue weighted by Crippen LogP contribution is 2.39. The summed E-state index contributed by atoms with van der Waals surface area (Å²) in [4.78, 5) is 8.81. The van der Waals surface area contributed by atoms with E-state index in [1.807, 2.05) is 6.07 Å². The van der Waals surface area contributed by atoms with Crippen molar-refractivity contribution in [3.8, 4) is 0 Å². The Morgan fingerprint density at radius 1 is 1.26 bits per heavy atom. The van der Waals surface area contributed by atoms with E-state index in [1.165, 1.54) is 5.56 Å². The lowest BCUT2D eigenvalue weighted by Crippen LogP contribution is -2.00. The Bertz CT molecular complexity index is 626. The van der Waals surface area contributed by atoms with Crippen LogP contribution in [0.2, 0.25) is 5.15 Å². The summed E-state index contributed by atoms with van der Waals surface area (Å²) in [5.41, 5.74) is 2.17. The highest BCUT2D eigenvalue weighted by Gasteiger charge is 2.27. The van der Waals surface area contributed by atoms with Crippen LogP contribution in [0.1, 0.15) is 30.1 Å². The zero-order chi connectivity index (χ0) is 13.4. The number of anilines is 2. The lowest BCUT2D eigenvalue weighted by atomic mass is 10.2. The Kier molecular flexibility index (Phi) is 3.46. The Morgan fingerprint density at radius 3 is 2.79 bits per heavy atom. The van der Waals surface area contributed by atoms with Gasteiger partial charge in [-0.05, 0) is 53.4 Å². The minimum absolute atomic E-state index is 0.486. The van der Waals surface area contributed by atoms with E-state index in [1.54, 1.807) is 6.07 Å². The van der Waals surface area contributed by atoms with Crippen molar-refractivity contribution in [2.75, 3.05) is 5.32 Å². The SMILES string of the molecule is Cc1ccc(Br)c(Nc2cc(Cl)nc(C3CC3)n2)c1. The molecule has 1 fully saturated rings. The number of hydrogen-bond acceptors (Lipinski definition) is 3. The predicted octanol–water partition coefficient (Wildman–Crippen LogP) is 4.82. The highest BCUT2D eigenvalue weighted by molar-refractivity contribution is 9.10. The molecular weight excluding hydrogens is 326 g/mol. The van der Waals surface area contributed by atoms with Gasteiger partial charge in [0.1, 0.15) is 16.8 Å². The fourth-order valence-electron chi connectivity index (χ4n) is 1.90. The summed E-state index contributed by atoms with van der Waals surface area (Å²) >= 11 is 9.58. The van der Waals surface area contributed by atoms with Crippen molar-refractivity contribution in [1.82, 2.24) is 9.97 Å². The largest absolute Gasteiger partial charge is 0.339 e. The molecule has 5 heteroatoms. The Morgan fingerprint density at radius 2 is 2.05 bits per heavy atom. The molecule has 0 unspecified atom stereocenters. The van der Waals surface area contributed by atoms with Gasteiger partial charge in [0, 0.05) is 16.5 Å². The first-order valence-corrected chi connectivity index (χ1v) is 7.36. The summed E-state index contributed by atoms with van der Waals surface area (Å²) < 4.78 is 1.00. The predicted molar refractivity (Wildman–Crippen MR) is 81.2 cm³/mol. The standard InChI is InChI=1S/C14H13BrClN3/c1-8-2-5-10(15)11(6-8)17-13-7-12(16)18-14(19-13)9-3-4-9/h2,5-7,9H,3-4H2,1H3,(H,17,18,19). The molecule has 1 N–H and O–H groups in total. The number of nitrogens with zero attached hydrogens (tertiary/aromatic N) is 2. The molecule has 3 rings (SSSR count). The number of halogens is 2. The molecule has 0 amide bonds. The fourth-order valence-corrected chi connectivity index (χ4v) is 2.43. The van der Waals surface area contributed by atoms with Gasteiger partial charge < -0.3 is 5.32 Å². The van der Waals surface area contributed by atoms with Crippen LogP contribution in [0.15, 0.2) is 28.7 Å². The van der Waals surface area contributed by atoms with Crippen molar-refractivity contribution in [3.05, 3.63) is 45.3 Å². The lowest BCUT2D eigenvalue weighted by molar-refractivity contribution is 0.930. The second-order valence-corrected chi connectivity index (χ2v) is 6.06. The van der Waals surface area contributed by atoms with Crippen molar-refractivity contribution >= 4 is 39.0 Å². The maximum atomic E-state index is 6.06. The van der Waals surface area contributed by atoms with Crippen LogP contribution in [0, 0.1) is 6.92 Å². The van der Waals surface area contributed by atoms with Crippen LogP contribution < -0.4 is 5.32 Å². The number of aryl methyl sites for hydroxylation is 1. The molecule has 1 saturated carbocycles. The summed E-state index contributed by atoms with van der Waals surface area (Å²) in [6.45, 7) is 2.06. The summed E-state index contributed by atoms with van der Waals surface area (Å²) in [5.74, 6) is 2.08. The van der Waals surface area contributed by atoms with Crippen LogP contribution in [-0.4, -0.2) is 9.97 Å². The van der Waals surface area contributed by atoms with Crippen LogP contribution in [0.3, 0.4) is 0 Å². The van der Waals surface area contributed by atoms with Crippen molar-refractivity contribution in [2.45, 2.75) is 25.7 Å². The summed E-state index contributed by atoms with van der Waals surface area (Å²) in [7, 11) is 0. The molecule has 0 saturated heterocycles. The van der Waals surface area contributed by atoms with E-state index in [4.69, 9.17) is 11.6 Å². The molecule has 98 valence electrons. The third-order valence-corrected chi connectivity index (χ3v) is 3.92. The maximum absolute atomic E-state index is 6.06. The quantitative estimate of drug-likeness (QED) is 0.815. The van der Waals surface area contributed by atoms with E-state index in [0.717, 1.165) is 34.6 Å². The normalized spacial score (nSPS) is 14.5. The molecule has 0 radical (unpaired) electrons. The van der Waals surface area contributed by atoms with Gasteiger partial charge in [-0.2, -0.15) is 0 Å². The van der Waals surface area contributed by atoms with Gasteiger partial charge in [0.25, 0.3) is 0 Å². The van der Waals surface area contributed by atoms with Crippen molar-refractivity contribution < 1.29 is 0 Å². The second-order valence-electron chi connectivity index (χ2n) is 4.82. The van der Waals surface area contributed by atoms with Crippen molar-refractivity contribution in [1.29, 1.82) is 0 Å². The van der Waals surface area contributed by atoms with E-state index in [2.05, 4.69) is 50.3 Å². The van der Waals surface area contributed by atoms with E-state index in [9.17, 15) is 0 Å². The first-order chi connectivity index (χ1) is 9.11. The molecule has 0 bridgehead atoms. The van der Waals surface area contributed by atoms with Gasteiger partial charge in [-0.25, -0.2) is 9.97 Å². The zero-order valence-electron chi connectivity index (χ0n) is 10.5. The maximum Gasteiger partial charge on any atom is 0.135 e. The highest BCUT2D eigenvalue weighted by atomic mass is 79.9. The van der Waals surface area contributed by atoms with Gasteiger partial charge in [-0.3, -0.25) is 0 Å². The lowest BCUT2D eigenvalue weighted by Gasteiger charge is -2.10. The molecule has 0 spiro atoms. The number of rotatable bonds is 3. The van der Waals surface area contributed by atoms with E-state index in [0.29, 0.717) is 11.1 Å². The van der Waals surface area contributed by atoms with Crippen molar-refractivity contribution in [3.63, 3.8) is 0 Å². The van der Waals surface area contributed by atoms with Gasteiger partial charge >= 0.3 is 0 Å². The Balaban J connectivity index is 1.92. The minimum atomic E-state index is 0.486. The molecule has 0 atom stereocenters. The van der Waals surface area contributed by atoms with Gasteiger partial charge in [0.15, 0.2) is 0 Å². The fraction of sp³-hybridized carbons (Fsp3) is 0.286. The van der Waals surface area contributed by atoms with E-state index in [-0.39, 0.29) is 0 Å². The summed E-state index contributed by atoms with van der Waals surface area (Å²) in [6.07, 6.45) is 2.32. The first kappa shape index (κ1) is 12.9. The molecule has 1 aromatic carbocycles. The third-order valence-electron chi connectivity index (χ3n) is 3.04. The van der Waals surface area contributed by atoms with E-state index < -0.39 is 0 Å². The van der Waals surface area contributed by atoms with Crippen LogP contribution >= 0.6 is 27.5 Å². The zero-order valence-corrected chi connectivity index (χ0v) is 12.8. The molecule has 3 nitrogen and oxygen atoms in total. The molecule has 0 aliphatic heterocycles. The average molecular weight is 339 g/mol. The second kappa shape index (κ2) is 5.10. The van der Waals surface area contributed by atoms with Gasteiger partial charge in [-0.1, -0.05) is 17.7 Å². The Labute approximate surface area is 125 Å². The summed E-state index contributed by atoms with van der Waals surface area (Å²) in [6, 6.07) is 7.89. The molecule has 1 aromatic heterocycles. The third kappa shape index (κ3) is 3.07. The van der Waals surface area contributed by atoms with Crippen LogP contribution in [0.25, 0.3) is 0 Å². The molecule has 1 heterocycles.